The molecule has 0 radical (unpaired) electrons. The second-order valence-corrected chi connectivity index (χ2v) is 9.39. The lowest BCUT2D eigenvalue weighted by Crippen LogP contribution is -2.38. The van der Waals surface area contributed by atoms with Crippen LogP contribution in [0, 0.1) is 0 Å². The molecule has 5 rings (SSSR count). The number of hydrogen-bond donors (Lipinski definition) is 0. The number of carbonyl (C=O) groups excluding carboxylic acids is 2. The number of para-hydroxylation sites is 1. The summed E-state index contributed by atoms with van der Waals surface area (Å²) in [5.74, 6) is -0.104. The van der Waals surface area contributed by atoms with Gasteiger partial charge in [0.25, 0.3) is 5.91 Å². The minimum absolute atomic E-state index is 0.0332. The van der Waals surface area contributed by atoms with Crippen molar-refractivity contribution in [1.82, 2.24) is 0 Å². The number of ether oxygens (including phenoxy) is 1. The van der Waals surface area contributed by atoms with Gasteiger partial charge < -0.3 is 14.1 Å². The number of halogens is 2. The van der Waals surface area contributed by atoms with Crippen LogP contribution in [0.25, 0.3) is 6.08 Å². The van der Waals surface area contributed by atoms with Gasteiger partial charge in [-0.05, 0) is 61.4 Å². The number of carbonyl (C=O) groups is 2. The van der Waals surface area contributed by atoms with Crippen LogP contribution in [-0.2, 0) is 16.0 Å². The fraction of sp³-hybridized carbons (Fsp3) is 0.192. The van der Waals surface area contributed by atoms with Gasteiger partial charge in [0.15, 0.2) is 5.17 Å². The summed E-state index contributed by atoms with van der Waals surface area (Å²) >= 11 is 1.16. The minimum atomic E-state index is -2.96. The molecule has 0 N–H and O–H groups in total. The van der Waals surface area contributed by atoms with Gasteiger partial charge >= 0.3 is 6.61 Å². The summed E-state index contributed by atoms with van der Waals surface area (Å²) in [5.41, 5.74) is 2.55. The van der Waals surface area contributed by atoms with Crippen LogP contribution >= 0.6 is 11.8 Å². The number of benzene rings is 2. The van der Waals surface area contributed by atoms with Crippen LogP contribution in [0.4, 0.5) is 20.2 Å². The molecule has 2 aliphatic rings. The van der Waals surface area contributed by atoms with Gasteiger partial charge in [-0.1, -0.05) is 30.0 Å². The van der Waals surface area contributed by atoms with Crippen LogP contribution in [0.15, 0.2) is 82.0 Å². The van der Waals surface area contributed by atoms with Gasteiger partial charge in [-0.2, -0.15) is 8.78 Å². The number of amidine groups is 1. The average Bonchev–Trinajstić information content (AvgIpc) is 3.59. The Kier molecular flexibility index (Phi) is 6.60. The van der Waals surface area contributed by atoms with Gasteiger partial charge in [-0.15, -0.1) is 0 Å². The van der Waals surface area contributed by atoms with E-state index in [1.807, 2.05) is 24.3 Å². The first-order valence-electron chi connectivity index (χ1n) is 11.2. The van der Waals surface area contributed by atoms with Crippen molar-refractivity contribution < 1.29 is 27.5 Å². The maximum Gasteiger partial charge on any atom is 0.387 e. The van der Waals surface area contributed by atoms with Gasteiger partial charge in [0, 0.05) is 18.3 Å². The van der Waals surface area contributed by atoms with E-state index in [0.29, 0.717) is 23.2 Å². The number of aliphatic imine (C=N–C) groups is 1. The van der Waals surface area contributed by atoms with Gasteiger partial charge in [0.1, 0.15) is 17.2 Å². The highest BCUT2D eigenvalue weighted by molar-refractivity contribution is 8.15. The highest BCUT2D eigenvalue weighted by Gasteiger charge is 2.36. The van der Waals surface area contributed by atoms with Crippen LogP contribution in [0.2, 0.25) is 0 Å². The Labute approximate surface area is 210 Å². The molecule has 36 heavy (non-hydrogen) atoms. The molecular weight excluding hydrogens is 488 g/mol. The van der Waals surface area contributed by atoms with Crippen molar-refractivity contribution in [3.8, 4) is 5.75 Å². The van der Waals surface area contributed by atoms with Crippen molar-refractivity contribution in [3.05, 3.63) is 83.9 Å². The summed E-state index contributed by atoms with van der Waals surface area (Å²) in [6.45, 7) is -0.595. The molecule has 2 aromatic carbocycles. The minimum Gasteiger partial charge on any atom is -0.465 e. The number of fused-ring (bicyclic) bond motifs is 1. The maximum atomic E-state index is 13.3. The highest BCUT2D eigenvalue weighted by atomic mass is 32.2. The van der Waals surface area contributed by atoms with E-state index in [4.69, 9.17) is 4.42 Å². The predicted octanol–water partition coefficient (Wildman–Crippen LogP) is 5.34. The smallest absolute Gasteiger partial charge is 0.387 e. The Morgan fingerprint density at radius 1 is 1.14 bits per heavy atom. The summed E-state index contributed by atoms with van der Waals surface area (Å²) in [7, 11) is 0. The molecule has 1 aromatic heterocycles. The lowest BCUT2D eigenvalue weighted by atomic mass is 10.2. The Balaban J connectivity index is 1.42. The first-order valence-corrected chi connectivity index (χ1v) is 12.1. The van der Waals surface area contributed by atoms with E-state index >= 15 is 0 Å². The number of anilines is 2. The van der Waals surface area contributed by atoms with Gasteiger partial charge in [-0.25, -0.2) is 4.99 Å². The SMILES string of the molecule is C[C@@H](SC1=N/C(=C/c2ccco2)C(=O)N1c1ccc(OC(F)F)cc1)C(=O)N1CCc2ccccc21. The van der Waals surface area contributed by atoms with E-state index in [9.17, 15) is 18.4 Å². The van der Waals surface area contributed by atoms with Crippen LogP contribution in [0.5, 0.6) is 5.75 Å². The molecule has 184 valence electrons. The Bertz CT molecular complexity index is 1340. The van der Waals surface area contributed by atoms with E-state index < -0.39 is 17.8 Å². The first-order chi connectivity index (χ1) is 17.4. The van der Waals surface area contributed by atoms with Gasteiger partial charge in [0.2, 0.25) is 5.91 Å². The van der Waals surface area contributed by atoms with Crippen LogP contribution < -0.4 is 14.5 Å². The van der Waals surface area contributed by atoms with Crippen molar-refractivity contribution in [2.75, 3.05) is 16.3 Å². The summed E-state index contributed by atoms with van der Waals surface area (Å²) in [4.78, 5) is 34.3. The normalized spacial score (nSPS) is 17.1. The lowest BCUT2D eigenvalue weighted by molar-refractivity contribution is -0.117. The van der Waals surface area contributed by atoms with E-state index in [1.165, 1.54) is 41.5 Å². The van der Waals surface area contributed by atoms with Crippen molar-refractivity contribution in [1.29, 1.82) is 0 Å². The van der Waals surface area contributed by atoms with Crippen LogP contribution in [0.3, 0.4) is 0 Å². The zero-order chi connectivity index (χ0) is 25.2. The quantitative estimate of drug-likeness (QED) is 0.420. The number of hydrogen-bond acceptors (Lipinski definition) is 6. The Morgan fingerprint density at radius 3 is 2.64 bits per heavy atom. The largest absolute Gasteiger partial charge is 0.465 e. The van der Waals surface area contributed by atoms with Crippen molar-refractivity contribution >= 4 is 46.2 Å². The number of rotatable bonds is 6. The van der Waals surface area contributed by atoms with E-state index in [0.717, 1.165) is 29.4 Å². The van der Waals surface area contributed by atoms with E-state index in [2.05, 4.69) is 9.73 Å². The second-order valence-electron chi connectivity index (χ2n) is 8.08. The van der Waals surface area contributed by atoms with Gasteiger partial charge in [0.05, 0.1) is 17.2 Å². The molecule has 0 spiro atoms. The second kappa shape index (κ2) is 9.98. The third-order valence-electron chi connectivity index (χ3n) is 5.75. The van der Waals surface area contributed by atoms with Crippen molar-refractivity contribution in [3.63, 3.8) is 0 Å². The monoisotopic (exact) mass is 509 g/mol. The standard InChI is InChI=1S/C26H21F2N3O4S/c1-16(23(32)30-13-12-17-5-2-3-7-22(17)30)36-26-29-21(15-20-6-4-14-34-20)24(33)31(26)18-8-10-19(11-9-18)35-25(27)28/h2-11,14-16,25H,12-13H2,1H3/b21-15+/t16-/m1/s1. The highest BCUT2D eigenvalue weighted by Crippen LogP contribution is 2.34. The molecule has 0 saturated heterocycles. The van der Waals surface area contributed by atoms with Crippen LogP contribution in [0.1, 0.15) is 18.2 Å². The molecule has 2 aliphatic heterocycles. The zero-order valence-corrected chi connectivity index (χ0v) is 20.0. The third-order valence-corrected chi connectivity index (χ3v) is 6.79. The van der Waals surface area contributed by atoms with E-state index in [1.54, 1.807) is 24.0 Å². The molecule has 3 heterocycles. The summed E-state index contributed by atoms with van der Waals surface area (Å²) in [6, 6.07) is 16.8. The molecular formula is C26H21F2N3O4S. The number of amides is 2. The molecule has 0 aliphatic carbocycles. The number of alkyl halides is 2. The third kappa shape index (κ3) is 4.76. The maximum absolute atomic E-state index is 13.3. The number of thioether (sulfide) groups is 1. The summed E-state index contributed by atoms with van der Waals surface area (Å²) < 4.78 is 34.8. The molecule has 0 fully saturated rings. The molecule has 0 saturated carbocycles. The fourth-order valence-electron chi connectivity index (χ4n) is 4.08. The Hall–Kier alpha value is -3.92. The molecule has 1 atom stereocenters. The summed E-state index contributed by atoms with van der Waals surface area (Å²) in [6.07, 6.45) is 3.79. The molecule has 0 bridgehead atoms. The Morgan fingerprint density at radius 2 is 1.92 bits per heavy atom. The van der Waals surface area contributed by atoms with Crippen LogP contribution in [-0.4, -0.2) is 35.4 Å². The van der Waals surface area contributed by atoms with Crippen molar-refractivity contribution in [2.24, 2.45) is 4.99 Å². The molecule has 3 aromatic rings. The molecule has 2 amide bonds. The van der Waals surface area contributed by atoms with Gasteiger partial charge in [-0.3, -0.25) is 14.5 Å². The number of nitrogens with zero attached hydrogens (tertiary/aromatic N) is 3. The lowest BCUT2D eigenvalue weighted by Gasteiger charge is -2.23. The number of furan rings is 1. The molecule has 7 nitrogen and oxygen atoms in total. The van der Waals surface area contributed by atoms with E-state index in [-0.39, 0.29) is 17.4 Å². The molecule has 10 heteroatoms. The first kappa shape index (κ1) is 23.8. The topological polar surface area (TPSA) is 75.4 Å². The zero-order valence-electron chi connectivity index (χ0n) is 19.1. The molecule has 0 unspecified atom stereocenters. The average molecular weight is 510 g/mol. The summed E-state index contributed by atoms with van der Waals surface area (Å²) in [5, 5.41) is -0.247. The van der Waals surface area contributed by atoms with Crippen molar-refractivity contribution in [2.45, 2.75) is 25.2 Å². The fourth-order valence-corrected chi connectivity index (χ4v) is 5.07. The predicted molar refractivity (Wildman–Crippen MR) is 134 cm³/mol.